The molecule has 0 radical (unpaired) electrons. The lowest BCUT2D eigenvalue weighted by Crippen LogP contribution is -2.36. The van der Waals surface area contributed by atoms with Crippen molar-refractivity contribution in [2.75, 3.05) is 0 Å². The van der Waals surface area contributed by atoms with Crippen LogP contribution < -0.4 is 4.74 Å². The molecule has 0 atom stereocenters. The Morgan fingerprint density at radius 1 is 1.12 bits per heavy atom. The molecule has 0 spiro atoms. The summed E-state index contributed by atoms with van der Waals surface area (Å²) < 4.78 is 18.4. The Morgan fingerprint density at radius 3 is 2.31 bits per heavy atom. The summed E-state index contributed by atoms with van der Waals surface area (Å²) in [6, 6.07) is 7.16. The molecule has 2 saturated carbocycles. The summed E-state index contributed by atoms with van der Waals surface area (Å²) in [6.07, 6.45) is 9.85. The van der Waals surface area contributed by atoms with E-state index in [-0.39, 0.29) is 27.2 Å². The second-order valence-corrected chi connectivity index (χ2v) is 11.5. The quantitative estimate of drug-likeness (QED) is 0.384. The van der Waals surface area contributed by atoms with Crippen molar-refractivity contribution in [2.45, 2.75) is 76.8 Å². The summed E-state index contributed by atoms with van der Waals surface area (Å²) in [7, 11) is 0.164. The first kappa shape index (κ1) is 19.6. The van der Waals surface area contributed by atoms with Crippen LogP contribution in [-0.4, -0.2) is 15.5 Å². The van der Waals surface area contributed by atoms with Gasteiger partial charge >= 0.3 is 5.97 Å². The zero-order chi connectivity index (χ0) is 18.6. The molecule has 1 aromatic carbocycles. The van der Waals surface area contributed by atoms with Crippen LogP contribution in [0.1, 0.15) is 65.2 Å². The van der Waals surface area contributed by atoms with E-state index in [2.05, 4.69) is 13.8 Å². The van der Waals surface area contributed by atoms with Crippen molar-refractivity contribution < 1.29 is 13.9 Å². The Morgan fingerprint density at radius 2 is 1.73 bits per heavy atom. The van der Waals surface area contributed by atoms with E-state index in [1.165, 1.54) is 56.0 Å². The maximum absolute atomic E-state index is 13.0. The lowest BCUT2D eigenvalue weighted by Gasteiger charge is -2.45. The van der Waals surface area contributed by atoms with Crippen molar-refractivity contribution in [2.24, 2.45) is 17.3 Å². The molecule has 2 fully saturated rings. The van der Waals surface area contributed by atoms with Crippen LogP contribution in [0, 0.1) is 23.1 Å². The van der Waals surface area contributed by atoms with Gasteiger partial charge in [0.25, 0.3) is 0 Å². The molecule has 0 amide bonds. The highest BCUT2D eigenvalue weighted by Crippen LogP contribution is 2.51. The van der Waals surface area contributed by atoms with E-state index < -0.39 is 0 Å². The first-order valence-corrected chi connectivity index (χ1v) is 12.3. The molecule has 1 aromatic rings. The summed E-state index contributed by atoms with van der Waals surface area (Å²) in [6.45, 7) is 4.85. The van der Waals surface area contributed by atoms with Crippen LogP contribution in [0.25, 0.3) is 0 Å². The van der Waals surface area contributed by atoms with Crippen LogP contribution in [0.3, 0.4) is 0 Å². The molecule has 3 rings (SSSR count). The lowest BCUT2D eigenvalue weighted by molar-refractivity contribution is -0.140. The van der Waals surface area contributed by atoms with Gasteiger partial charge in [-0.05, 0) is 74.1 Å². The van der Waals surface area contributed by atoms with Gasteiger partial charge in [-0.25, -0.2) is 4.39 Å². The summed E-state index contributed by atoms with van der Waals surface area (Å²) in [4.78, 5) is 12.4. The molecule has 26 heavy (non-hydrogen) atoms. The van der Waals surface area contributed by atoms with E-state index in [1.807, 2.05) is 0 Å². The van der Waals surface area contributed by atoms with Crippen molar-refractivity contribution in [3.05, 3.63) is 30.1 Å². The third-order valence-electron chi connectivity index (χ3n) is 7.02. The van der Waals surface area contributed by atoms with Gasteiger partial charge in [0.1, 0.15) is 11.6 Å². The van der Waals surface area contributed by atoms with Crippen LogP contribution in [0.5, 0.6) is 5.75 Å². The van der Waals surface area contributed by atoms with E-state index in [1.54, 1.807) is 0 Å². The maximum Gasteiger partial charge on any atom is 0.314 e. The molecular formula is C22H33FO2Si. The number of rotatable bonds is 5. The Bertz CT molecular complexity index is 585. The van der Waals surface area contributed by atoms with Gasteiger partial charge in [-0.2, -0.15) is 0 Å². The molecule has 0 bridgehead atoms. The normalized spacial score (nSPS) is 32.7. The molecule has 0 heterocycles. The number of hydrogen-bond donors (Lipinski definition) is 0. The monoisotopic (exact) mass is 376 g/mol. The van der Waals surface area contributed by atoms with Crippen molar-refractivity contribution in [1.29, 1.82) is 0 Å². The average molecular weight is 377 g/mol. The zero-order valence-corrected chi connectivity index (χ0v) is 17.7. The van der Waals surface area contributed by atoms with E-state index in [0.717, 1.165) is 37.1 Å². The minimum absolute atomic E-state index is 0.00346. The third-order valence-corrected chi connectivity index (χ3v) is 9.23. The molecule has 2 aliphatic rings. The fourth-order valence-corrected chi connectivity index (χ4v) is 6.97. The van der Waals surface area contributed by atoms with Crippen LogP contribution in [0.15, 0.2) is 24.3 Å². The Hall–Kier alpha value is -1.16. The predicted octanol–water partition coefficient (Wildman–Crippen LogP) is 5.51. The summed E-state index contributed by atoms with van der Waals surface area (Å²) in [5.74, 6) is 0.766. The molecular weight excluding hydrogens is 343 g/mol. The number of esters is 1. The van der Waals surface area contributed by atoms with Gasteiger partial charge in [-0.15, -0.1) is 0 Å². The number of benzene rings is 1. The number of carbonyl (C=O) groups excluding carboxylic acids is 1. The SMILES string of the molecule is CC[SiH2][C@H]1CC[C@](C)([C@H]2CC[C@H](C(=O)Oc3ccc(F)cc3)CC2)CC1. The fourth-order valence-electron chi connectivity index (χ4n) is 5.17. The first-order chi connectivity index (χ1) is 12.5. The van der Waals surface area contributed by atoms with Gasteiger partial charge in [0.2, 0.25) is 0 Å². The minimum Gasteiger partial charge on any atom is -0.426 e. The number of hydrogen-bond acceptors (Lipinski definition) is 2. The van der Waals surface area contributed by atoms with E-state index in [4.69, 9.17) is 4.74 Å². The minimum atomic E-state index is -0.310. The van der Waals surface area contributed by atoms with Crippen LogP contribution in [0.4, 0.5) is 4.39 Å². The highest BCUT2D eigenvalue weighted by atomic mass is 28.2. The zero-order valence-electron chi connectivity index (χ0n) is 16.3. The smallest absolute Gasteiger partial charge is 0.314 e. The van der Waals surface area contributed by atoms with Crippen molar-refractivity contribution in [3.63, 3.8) is 0 Å². The predicted molar refractivity (Wildman–Crippen MR) is 107 cm³/mol. The molecule has 144 valence electrons. The molecule has 2 aliphatic carbocycles. The Kier molecular flexibility index (Phi) is 6.54. The fraction of sp³-hybridized carbons (Fsp3) is 0.682. The lowest BCUT2D eigenvalue weighted by atomic mass is 9.62. The van der Waals surface area contributed by atoms with Gasteiger partial charge in [0.05, 0.1) is 5.92 Å². The third kappa shape index (κ3) is 4.76. The topological polar surface area (TPSA) is 26.3 Å². The molecule has 0 aromatic heterocycles. The van der Waals surface area contributed by atoms with Crippen LogP contribution in [-0.2, 0) is 4.79 Å². The van der Waals surface area contributed by atoms with Gasteiger partial charge < -0.3 is 4.74 Å². The van der Waals surface area contributed by atoms with Crippen molar-refractivity contribution in [3.8, 4) is 5.75 Å². The summed E-state index contributed by atoms with van der Waals surface area (Å²) in [5, 5.41) is 0. The molecule has 0 N–H and O–H groups in total. The second kappa shape index (κ2) is 8.68. The molecule has 0 aliphatic heterocycles. The number of ether oxygens (including phenoxy) is 1. The Balaban J connectivity index is 1.48. The molecule has 2 nitrogen and oxygen atoms in total. The highest BCUT2D eigenvalue weighted by molar-refractivity contribution is 6.37. The van der Waals surface area contributed by atoms with Gasteiger partial charge in [0.15, 0.2) is 0 Å². The molecule has 4 heteroatoms. The number of halogens is 1. The van der Waals surface area contributed by atoms with E-state index in [9.17, 15) is 9.18 Å². The standard InChI is InChI=1S/C22H33FO2Si/c1-3-26-20-12-14-22(2,15-13-20)17-6-4-16(5-7-17)21(24)25-19-10-8-18(23)9-11-19/h8-11,16-17,20H,3-7,12-15,26H2,1-2H3/t16-,17-,20-,22-. The maximum atomic E-state index is 13.0. The average Bonchev–Trinajstić information content (AvgIpc) is 2.66. The summed E-state index contributed by atoms with van der Waals surface area (Å²) in [5.41, 5.74) is 1.57. The van der Waals surface area contributed by atoms with E-state index >= 15 is 0 Å². The largest absolute Gasteiger partial charge is 0.426 e. The molecule has 0 unspecified atom stereocenters. The van der Waals surface area contributed by atoms with Crippen molar-refractivity contribution in [1.82, 2.24) is 0 Å². The molecule has 0 saturated heterocycles. The Labute approximate surface area is 159 Å². The van der Waals surface area contributed by atoms with Gasteiger partial charge in [-0.1, -0.05) is 38.3 Å². The van der Waals surface area contributed by atoms with Crippen molar-refractivity contribution >= 4 is 15.5 Å². The highest BCUT2D eigenvalue weighted by Gasteiger charge is 2.40. The number of carbonyl (C=O) groups is 1. The van der Waals surface area contributed by atoms with E-state index in [0.29, 0.717) is 11.2 Å². The van der Waals surface area contributed by atoms with Crippen LogP contribution >= 0.6 is 0 Å². The van der Waals surface area contributed by atoms with Gasteiger partial charge in [0, 0.05) is 9.52 Å². The summed E-state index contributed by atoms with van der Waals surface area (Å²) >= 11 is 0. The van der Waals surface area contributed by atoms with Crippen LogP contribution in [0.2, 0.25) is 11.6 Å². The first-order valence-electron chi connectivity index (χ1n) is 10.5. The second-order valence-electron chi connectivity index (χ2n) is 8.81. The van der Waals surface area contributed by atoms with Gasteiger partial charge in [-0.3, -0.25) is 4.79 Å².